The van der Waals surface area contributed by atoms with Gasteiger partial charge >= 0.3 is 0 Å². The number of rotatable bonds is 5. The fraction of sp³-hybridized carbons (Fsp3) is 0.571. The predicted octanol–water partition coefficient (Wildman–Crippen LogP) is 2.03. The number of aliphatic hydroxyl groups excluding tert-OH is 1. The molecule has 3 nitrogen and oxygen atoms in total. The summed E-state index contributed by atoms with van der Waals surface area (Å²) < 4.78 is 0. The second-order valence-corrected chi connectivity index (χ2v) is 5.14. The molecule has 0 spiro atoms. The average Bonchev–Trinajstić information content (AvgIpc) is 2.79. The Labute approximate surface area is 102 Å². The summed E-state index contributed by atoms with van der Waals surface area (Å²) in [5, 5.41) is 22.2. The number of phenols is 1. The smallest absolute Gasteiger partial charge is 0.115 e. The zero-order chi connectivity index (χ0) is 12.1. The van der Waals surface area contributed by atoms with Crippen molar-refractivity contribution < 1.29 is 10.2 Å². The third-order valence-corrected chi connectivity index (χ3v) is 3.74. The summed E-state index contributed by atoms with van der Waals surface area (Å²) in [6, 6.07) is 7.29. The maximum Gasteiger partial charge on any atom is 0.115 e. The number of benzene rings is 1. The SMILES string of the molecule is OCC1(CNCc2cccc(O)c2)CCCC1. The van der Waals surface area contributed by atoms with Crippen LogP contribution in [0.25, 0.3) is 0 Å². The minimum atomic E-state index is 0.0941. The molecule has 0 aromatic heterocycles. The fourth-order valence-corrected chi connectivity index (χ4v) is 2.65. The number of aromatic hydroxyl groups is 1. The summed E-state index contributed by atoms with van der Waals surface area (Å²) >= 11 is 0. The van der Waals surface area contributed by atoms with Crippen molar-refractivity contribution in [1.29, 1.82) is 0 Å². The van der Waals surface area contributed by atoms with Crippen LogP contribution in [0, 0.1) is 5.41 Å². The van der Waals surface area contributed by atoms with E-state index in [4.69, 9.17) is 0 Å². The summed E-state index contributed by atoms with van der Waals surface area (Å²) in [6.45, 7) is 1.88. The minimum absolute atomic E-state index is 0.0941. The van der Waals surface area contributed by atoms with Gasteiger partial charge in [-0.3, -0.25) is 0 Å². The van der Waals surface area contributed by atoms with Crippen molar-refractivity contribution in [1.82, 2.24) is 5.32 Å². The number of hydrogen-bond donors (Lipinski definition) is 3. The first kappa shape index (κ1) is 12.4. The molecule has 1 fully saturated rings. The van der Waals surface area contributed by atoms with E-state index in [0.717, 1.165) is 31.5 Å². The zero-order valence-corrected chi connectivity index (χ0v) is 10.2. The Morgan fingerprint density at radius 1 is 1.24 bits per heavy atom. The molecule has 0 atom stereocenters. The molecule has 1 aliphatic rings. The Kier molecular flexibility index (Phi) is 4.02. The van der Waals surface area contributed by atoms with E-state index in [1.165, 1.54) is 12.8 Å². The van der Waals surface area contributed by atoms with Gasteiger partial charge in [-0.25, -0.2) is 0 Å². The maximum atomic E-state index is 9.48. The monoisotopic (exact) mass is 235 g/mol. The number of aliphatic hydroxyl groups is 1. The zero-order valence-electron chi connectivity index (χ0n) is 10.2. The molecule has 0 aliphatic heterocycles. The van der Waals surface area contributed by atoms with E-state index in [9.17, 15) is 10.2 Å². The quantitative estimate of drug-likeness (QED) is 0.732. The molecule has 3 heteroatoms. The maximum absolute atomic E-state index is 9.48. The van der Waals surface area contributed by atoms with Crippen molar-refractivity contribution in [3.05, 3.63) is 29.8 Å². The third-order valence-electron chi connectivity index (χ3n) is 3.74. The molecule has 3 N–H and O–H groups in total. The molecule has 0 bridgehead atoms. The largest absolute Gasteiger partial charge is 0.508 e. The Hall–Kier alpha value is -1.06. The lowest BCUT2D eigenvalue weighted by atomic mass is 9.87. The van der Waals surface area contributed by atoms with Crippen LogP contribution in [-0.2, 0) is 6.54 Å². The molecule has 1 aromatic carbocycles. The van der Waals surface area contributed by atoms with Crippen LogP contribution in [0.4, 0.5) is 0 Å². The Bertz CT molecular complexity index is 359. The lowest BCUT2D eigenvalue weighted by Crippen LogP contribution is -2.34. The van der Waals surface area contributed by atoms with Crippen molar-refractivity contribution in [3.63, 3.8) is 0 Å². The molecule has 94 valence electrons. The van der Waals surface area contributed by atoms with E-state index in [-0.39, 0.29) is 12.0 Å². The second kappa shape index (κ2) is 5.52. The van der Waals surface area contributed by atoms with Crippen LogP contribution >= 0.6 is 0 Å². The van der Waals surface area contributed by atoms with Gasteiger partial charge in [-0.05, 0) is 30.5 Å². The van der Waals surface area contributed by atoms with E-state index in [2.05, 4.69) is 5.32 Å². The molecule has 2 rings (SSSR count). The molecule has 1 saturated carbocycles. The molecule has 0 heterocycles. The highest BCUT2D eigenvalue weighted by atomic mass is 16.3. The summed E-state index contributed by atoms with van der Waals surface area (Å²) in [4.78, 5) is 0. The van der Waals surface area contributed by atoms with Crippen LogP contribution in [0.3, 0.4) is 0 Å². The highest BCUT2D eigenvalue weighted by Gasteiger charge is 2.32. The minimum Gasteiger partial charge on any atom is -0.508 e. The van der Waals surface area contributed by atoms with Crippen molar-refractivity contribution >= 4 is 0 Å². The topological polar surface area (TPSA) is 52.5 Å². The lowest BCUT2D eigenvalue weighted by Gasteiger charge is -2.26. The first-order valence-corrected chi connectivity index (χ1v) is 6.34. The highest BCUT2D eigenvalue weighted by Crippen LogP contribution is 2.36. The second-order valence-electron chi connectivity index (χ2n) is 5.14. The van der Waals surface area contributed by atoms with Gasteiger partial charge < -0.3 is 15.5 Å². The number of nitrogens with one attached hydrogen (secondary N) is 1. The normalized spacial score (nSPS) is 18.4. The van der Waals surface area contributed by atoms with Gasteiger partial charge in [0.1, 0.15) is 5.75 Å². The molecular formula is C14H21NO2. The number of hydrogen-bond acceptors (Lipinski definition) is 3. The first-order chi connectivity index (χ1) is 8.24. The summed E-state index contributed by atoms with van der Waals surface area (Å²) in [5.74, 6) is 0.307. The van der Waals surface area contributed by atoms with E-state index in [1.807, 2.05) is 12.1 Å². The van der Waals surface area contributed by atoms with Crippen LogP contribution in [0.2, 0.25) is 0 Å². The van der Waals surface area contributed by atoms with Crippen LogP contribution in [0.15, 0.2) is 24.3 Å². The van der Waals surface area contributed by atoms with Gasteiger partial charge in [0.25, 0.3) is 0 Å². The van der Waals surface area contributed by atoms with Gasteiger partial charge in [0, 0.05) is 25.1 Å². The molecule has 0 saturated heterocycles. The Balaban J connectivity index is 1.82. The van der Waals surface area contributed by atoms with Gasteiger partial charge in [-0.15, -0.1) is 0 Å². The molecule has 0 radical (unpaired) electrons. The van der Waals surface area contributed by atoms with Crippen LogP contribution in [0.5, 0.6) is 5.75 Å². The van der Waals surface area contributed by atoms with Crippen molar-refractivity contribution in [2.24, 2.45) is 5.41 Å². The summed E-state index contributed by atoms with van der Waals surface area (Å²) in [5.41, 5.74) is 1.17. The van der Waals surface area contributed by atoms with Crippen LogP contribution in [-0.4, -0.2) is 23.4 Å². The Morgan fingerprint density at radius 2 is 2.00 bits per heavy atom. The van der Waals surface area contributed by atoms with Crippen molar-refractivity contribution in [2.75, 3.05) is 13.2 Å². The van der Waals surface area contributed by atoms with Gasteiger partial charge in [0.05, 0.1) is 0 Å². The fourth-order valence-electron chi connectivity index (χ4n) is 2.65. The summed E-state index contributed by atoms with van der Waals surface area (Å²) in [7, 11) is 0. The Morgan fingerprint density at radius 3 is 2.65 bits per heavy atom. The standard InChI is InChI=1S/C14H21NO2/c16-11-14(6-1-2-7-14)10-15-9-12-4-3-5-13(17)8-12/h3-5,8,15-17H,1-2,6-7,9-11H2. The van der Waals surface area contributed by atoms with E-state index in [0.29, 0.717) is 5.75 Å². The molecule has 1 aromatic rings. The summed E-state index contributed by atoms with van der Waals surface area (Å²) in [6.07, 6.45) is 4.70. The van der Waals surface area contributed by atoms with Gasteiger partial charge in [0.15, 0.2) is 0 Å². The van der Waals surface area contributed by atoms with E-state index >= 15 is 0 Å². The third kappa shape index (κ3) is 3.20. The van der Waals surface area contributed by atoms with E-state index < -0.39 is 0 Å². The van der Waals surface area contributed by atoms with Gasteiger partial charge in [-0.2, -0.15) is 0 Å². The first-order valence-electron chi connectivity index (χ1n) is 6.34. The average molecular weight is 235 g/mol. The van der Waals surface area contributed by atoms with Gasteiger partial charge in [0.2, 0.25) is 0 Å². The predicted molar refractivity (Wildman–Crippen MR) is 67.8 cm³/mol. The molecule has 1 aliphatic carbocycles. The number of phenolic OH excluding ortho intramolecular Hbond substituents is 1. The van der Waals surface area contributed by atoms with Crippen molar-refractivity contribution in [3.8, 4) is 5.75 Å². The van der Waals surface area contributed by atoms with E-state index in [1.54, 1.807) is 12.1 Å². The molecular weight excluding hydrogens is 214 g/mol. The molecule has 17 heavy (non-hydrogen) atoms. The molecule has 0 unspecified atom stereocenters. The van der Waals surface area contributed by atoms with Gasteiger partial charge in [-0.1, -0.05) is 25.0 Å². The molecule has 0 amide bonds. The van der Waals surface area contributed by atoms with Crippen LogP contribution in [0.1, 0.15) is 31.2 Å². The lowest BCUT2D eigenvalue weighted by molar-refractivity contribution is 0.128. The van der Waals surface area contributed by atoms with Crippen LogP contribution < -0.4 is 5.32 Å². The van der Waals surface area contributed by atoms with Crippen molar-refractivity contribution in [2.45, 2.75) is 32.2 Å². The highest BCUT2D eigenvalue weighted by molar-refractivity contribution is 5.26.